The normalized spacial score (nSPS) is 22.9. The lowest BCUT2D eigenvalue weighted by atomic mass is 10.0. The lowest BCUT2D eigenvalue weighted by Gasteiger charge is -2.08. The van der Waals surface area contributed by atoms with Crippen LogP contribution in [0, 0.1) is 0 Å². The fourth-order valence-corrected chi connectivity index (χ4v) is 1.96. The average molecular weight is 212 g/mol. The van der Waals surface area contributed by atoms with Crippen molar-refractivity contribution in [2.45, 2.75) is 18.9 Å². The van der Waals surface area contributed by atoms with Crippen molar-refractivity contribution < 1.29 is 4.84 Å². The molecular weight excluding hydrogens is 200 g/mol. The van der Waals surface area contributed by atoms with Gasteiger partial charge in [-0.05, 0) is 24.1 Å². The molecular formula is C13H12N2O. The van der Waals surface area contributed by atoms with Crippen molar-refractivity contribution in [1.82, 2.24) is 4.98 Å². The van der Waals surface area contributed by atoms with Gasteiger partial charge >= 0.3 is 0 Å². The molecule has 0 aromatic carbocycles. The summed E-state index contributed by atoms with van der Waals surface area (Å²) in [6, 6.07) is 5.83. The van der Waals surface area contributed by atoms with Gasteiger partial charge in [-0.2, -0.15) is 0 Å². The number of nitrogens with zero attached hydrogens (tertiary/aromatic N) is 2. The maximum absolute atomic E-state index is 5.44. The van der Waals surface area contributed by atoms with E-state index in [0.29, 0.717) is 0 Å². The zero-order chi connectivity index (χ0) is 10.8. The van der Waals surface area contributed by atoms with Gasteiger partial charge < -0.3 is 4.84 Å². The molecule has 0 amide bonds. The molecule has 0 bridgehead atoms. The van der Waals surface area contributed by atoms with E-state index in [4.69, 9.17) is 4.84 Å². The average Bonchev–Trinajstić information content (AvgIpc) is 3.01. The lowest BCUT2D eigenvalue weighted by molar-refractivity contribution is 0.110. The first-order chi connectivity index (χ1) is 7.93. The number of hydrogen-bond donors (Lipinski definition) is 0. The minimum absolute atomic E-state index is 0.104. The molecule has 2 heterocycles. The molecule has 0 fully saturated rings. The highest BCUT2D eigenvalue weighted by atomic mass is 16.6. The molecule has 80 valence electrons. The molecule has 16 heavy (non-hydrogen) atoms. The summed E-state index contributed by atoms with van der Waals surface area (Å²) in [6.07, 6.45) is 10.0. The second-order valence-electron chi connectivity index (χ2n) is 3.92. The first-order valence-corrected chi connectivity index (χ1v) is 5.43. The standard InChI is InChI=1S/C13H12N2O/c1-2-6-10(5-1)13-9-12(15-16-13)11-7-3-4-8-14-11/h1-5,7-8,13H,6,9H2. The Kier molecular flexibility index (Phi) is 2.29. The summed E-state index contributed by atoms with van der Waals surface area (Å²) in [4.78, 5) is 9.72. The molecule has 0 saturated carbocycles. The smallest absolute Gasteiger partial charge is 0.154 e. The van der Waals surface area contributed by atoms with E-state index in [-0.39, 0.29) is 6.10 Å². The molecule has 1 atom stereocenters. The summed E-state index contributed by atoms with van der Waals surface area (Å²) in [5.74, 6) is 0. The van der Waals surface area contributed by atoms with Gasteiger partial charge in [-0.15, -0.1) is 0 Å². The predicted molar refractivity (Wildman–Crippen MR) is 62.1 cm³/mol. The van der Waals surface area contributed by atoms with Crippen molar-refractivity contribution in [1.29, 1.82) is 0 Å². The molecule has 1 unspecified atom stereocenters. The minimum Gasteiger partial charge on any atom is -0.387 e. The maximum atomic E-state index is 5.44. The molecule has 0 spiro atoms. The fourth-order valence-electron chi connectivity index (χ4n) is 1.96. The third-order valence-corrected chi connectivity index (χ3v) is 2.84. The lowest BCUT2D eigenvalue weighted by Crippen LogP contribution is -2.11. The van der Waals surface area contributed by atoms with Gasteiger partial charge in [0.25, 0.3) is 0 Å². The van der Waals surface area contributed by atoms with Crippen molar-refractivity contribution in [2.75, 3.05) is 0 Å². The summed E-state index contributed by atoms with van der Waals surface area (Å²) in [5, 5.41) is 4.12. The zero-order valence-corrected chi connectivity index (χ0v) is 8.84. The summed E-state index contributed by atoms with van der Waals surface area (Å²) in [7, 11) is 0. The Morgan fingerprint density at radius 2 is 2.31 bits per heavy atom. The van der Waals surface area contributed by atoms with Gasteiger partial charge in [-0.25, -0.2) is 0 Å². The summed E-state index contributed by atoms with van der Waals surface area (Å²) >= 11 is 0. The van der Waals surface area contributed by atoms with E-state index in [0.717, 1.165) is 24.2 Å². The van der Waals surface area contributed by atoms with E-state index in [1.54, 1.807) is 6.20 Å². The van der Waals surface area contributed by atoms with Crippen LogP contribution in [0.1, 0.15) is 18.5 Å². The Bertz CT molecular complexity index is 474. The van der Waals surface area contributed by atoms with Crippen LogP contribution in [0.3, 0.4) is 0 Å². The van der Waals surface area contributed by atoms with E-state index in [2.05, 4.69) is 28.4 Å². The highest BCUT2D eigenvalue weighted by Crippen LogP contribution is 2.25. The van der Waals surface area contributed by atoms with E-state index in [9.17, 15) is 0 Å². The van der Waals surface area contributed by atoms with Crippen LogP contribution in [0.15, 0.2) is 53.4 Å². The van der Waals surface area contributed by atoms with Gasteiger partial charge in [0.1, 0.15) is 5.71 Å². The molecule has 0 radical (unpaired) electrons. The van der Waals surface area contributed by atoms with Crippen molar-refractivity contribution in [3.63, 3.8) is 0 Å². The monoisotopic (exact) mass is 212 g/mol. The summed E-state index contributed by atoms with van der Waals surface area (Å²) in [5.41, 5.74) is 3.16. The van der Waals surface area contributed by atoms with Crippen LogP contribution in [0.5, 0.6) is 0 Å². The van der Waals surface area contributed by atoms with Crippen molar-refractivity contribution in [3.8, 4) is 0 Å². The van der Waals surface area contributed by atoms with E-state index >= 15 is 0 Å². The molecule has 1 aromatic rings. The number of allylic oxidation sites excluding steroid dienone is 3. The largest absolute Gasteiger partial charge is 0.387 e. The molecule has 1 aromatic heterocycles. The van der Waals surface area contributed by atoms with Crippen molar-refractivity contribution >= 4 is 5.71 Å². The van der Waals surface area contributed by atoms with Gasteiger partial charge in [0.2, 0.25) is 0 Å². The number of hydrogen-bond acceptors (Lipinski definition) is 3. The zero-order valence-electron chi connectivity index (χ0n) is 8.84. The van der Waals surface area contributed by atoms with Gasteiger partial charge in [0.15, 0.2) is 6.10 Å². The Hall–Kier alpha value is -1.90. The maximum Gasteiger partial charge on any atom is 0.154 e. The van der Waals surface area contributed by atoms with Crippen LogP contribution in [-0.2, 0) is 4.84 Å². The molecule has 3 rings (SSSR count). The predicted octanol–water partition coefficient (Wildman–Crippen LogP) is 2.46. The number of oxime groups is 1. The number of pyridine rings is 1. The summed E-state index contributed by atoms with van der Waals surface area (Å²) in [6.45, 7) is 0. The van der Waals surface area contributed by atoms with Crippen LogP contribution in [-0.4, -0.2) is 16.8 Å². The van der Waals surface area contributed by atoms with Crippen LogP contribution in [0.2, 0.25) is 0 Å². The highest BCUT2D eigenvalue weighted by molar-refractivity contribution is 5.99. The first kappa shape index (κ1) is 9.33. The topological polar surface area (TPSA) is 34.5 Å². The number of rotatable bonds is 2. The molecule has 2 aliphatic rings. The molecule has 0 N–H and O–H groups in total. The van der Waals surface area contributed by atoms with E-state index < -0.39 is 0 Å². The molecule has 3 heteroatoms. The third-order valence-electron chi connectivity index (χ3n) is 2.84. The Labute approximate surface area is 94.1 Å². The van der Waals surface area contributed by atoms with Crippen molar-refractivity contribution in [2.24, 2.45) is 5.16 Å². The van der Waals surface area contributed by atoms with Crippen LogP contribution in [0.4, 0.5) is 0 Å². The Morgan fingerprint density at radius 3 is 3.06 bits per heavy atom. The van der Waals surface area contributed by atoms with Crippen LogP contribution in [0.25, 0.3) is 0 Å². The molecule has 0 saturated heterocycles. The second kappa shape index (κ2) is 3.93. The SMILES string of the molecule is C1=CCC(C2CC(c3ccccn3)=NO2)=C1. The summed E-state index contributed by atoms with van der Waals surface area (Å²) < 4.78 is 0. The van der Waals surface area contributed by atoms with Gasteiger partial charge in [-0.1, -0.05) is 29.5 Å². The van der Waals surface area contributed by atoms with E-state index in [1.807, 2.05) is 18.2 Å². The van der Waals surface area contributed by atoms with E-state index in [1.165, 1.54) is 5.57 Å². The van der Waals surface area contributed by atoms with Gasteiger partial charge in [-0.3, -0.25) is 4.98 Å². The third kappa shape index (κ3) is 1.65. The van der Waals surface area contributed by atoms with Gasteiger partial charge in [0, 0.05) is 12.6 Å². The fraction of sp³-hybridized carbons (Fsp3) is 0.231. The molecule has 1 aliphatic heterocycles. The quantitative estimate of drug-likeness (QED) is 0.754. The van der Waals surface area contributed by atoms with Crippen molar-refractivity contribution in [3.05, 3.63) is 53.9 Å². The minimum atomic E-state index is 0.104. The Morgan fingerprint density at radius 1 is 1.31 bits per heavy atom. The molecule has 1 aliphatic carbocycles. The van der Waals surface area contributed by atoms with Crippen LogP contribution >= 0.6 is 0 Å². The Balaban J connectivity index is 1.73. The number of aromatic nitrogens is 1. The highest BCUT2D eigenvalue weighted by Gasteiger charge is 2.26. The second-order valence-corrected chi connectivity index (χ2v) is 3.92. The first-order valence-electron chi connectivity index (χ1n) is 5.43. The molecule has 3 nitrogen and oxygen atoms in total. The van der Waals surface area contributed by atoms with Crippen LogP contribution < -0.4 is 0 Å². The van der Waals surface area contributed by atoms with Gasteiger partial charge in [0.05, 0.1) is 5.69 Å².